The zero-order valence-corrected chi connectivity index (χ0v) is 12.5. The number of phenols is 3. The lowest BCUT2D eigenvalue weighted by molar-refractivity contribution is 0.451. The van der Waals surface area contributed by atoms with Crippen LogP contribution in [-0.4, -0.2) is 29.7 Å². The second-order valence-corrected chi connectivity index (χ2v) is 5.37. The number of rotatable bonds is 2. The van der Waals surface area contributed by atoms with Crippen LogP contribution < -0.4 is 0 Å². The Labute approximate surface area is 136 Å². The van der Waals surface area contributed by atoms with E-state index in [4.69, 9.17) is 0 Å². The molecule has 0 aliphatic heterocycles. The summed E-state index contributed by atoms with van der Waals surface area (Å²) in [7, 11) is 0. The van der Waals surface area contributed by atoms with Gasteiger partial charge in [-0.15, -0.1) is 0 Å². The van der Waals surface area contributed by atoms with Gasteiger partial charge in [0.25, 0.3) is 0 Å². The van der Waals surface area contributed by atoms with Crippen molar-refractivity contribution in [1.29, 1.82) is 0 Å². The van der Waals surface area contributed by atoms with Crippen LogP contribution in [0.2, 0.25) is 0 Å². The van der Waals surface area contributed by atoms with Crippen LogP contribution in [0.1, 0.15) is 0 Å². The first-order valence-electron chi connectivity index (χ1n) is 7.27. The molecule has 2 aromatic carbocycles. The second kappa shape index (κ2) is 5.27. The molecule has 0 spiro atoms. The van der Waals surface area contributed by atoms with Crippen LogP contribution in [0.3, 0.4) is 0 Å². The van der Waals surface area contributed by atoms with Crippen molar-refractivity contribution in [3.05, 3.63) is 61.1 Å². The van der Waals surface area contributed by atoms with E-state index in [2.05, 4.69) is 9.97 Å². The summed E-state index contributed by atoms with van der Waals surface area (Å²) < 4.78 is 1.77. The molecule has 4 aromatic rings. The van der Waals surface area contributed by atoms with Crippen LogP contribution >= 0.6 is 0 Å². The average Bonchev–Trinajstić information content (AvgIpc) is 3.04. The molecule has 0 saturated carbocycles. The molecule has 4 rings (SSSR count). The first-order valence-corrected chi connectivity index (χ1v) is 7.27. The van der Waals surface area contributed by atoms with Crippen molar-refractivity contribution in [2.45, 2.75) is 0 Å². The number of aromatic nitrogens is 3. The highest BCUT2D eigenvalue weighted by molar-refractivity contribution is 5.84. The van der Waals surface area contributed by atoms with E-state index in [1.807, 2.05) is 0 Å². The van der Waals surface area contributed by atoms with E-state index in [0.717, 1.165) is 11.1 Å². The third kappa shape index (κ3) is 2.21. The Morgan fingerprint density at radius 2 is 1.54 bits per heavy atom. The summed E-state index contributed by atoms with van der Waals surface area (Å²) in [5.41, 5.74) is 2.84. The highest BCUT2D eigenvalue weighted by Gasteiger charge is 2.16. The minimum Gasteiger partial charge on any atom is -0.508 e. The van der Waals surface area contributed by atoms with Crippen LogP contribution in [-0.2, 0) is 0 Å². The molecule has 0 unspecified atom stereocenters. The van der Waals surface area contributed by atoms with E-state index in [9.17, 15) is 15.3 Å². The number of aromatic hydroxyl groups is 3. The number of hydrogen-bond acceptors (Lipinski definition) is 5. The smallest absolute Gasteiger partial charge is 0.234 e. The van der Waals surface area contributed by atoms with Gasteiger partial charge in [0.2, 0.25) is 5.78 Å². The van der Waals surface area contributed by atoms with Crippen LogP contribution in [0.5, 0.6) is 17.2 Å². The van der Waals surface area contributed by atoms with E-state index in [0.29, 0.717) is 17.0 Å². The Bertz CT molecular complexity index is 1040. The molecule has 0 radical (unpaired) electrons. The minimum absolute atomic E-state index is 0.0154. The number of fused-ring (bicyclic) bond motifs is 1. The van der Waals surface area contributed by atoms with E-state index in [-0.39, 0.29) is 17.2 Å². The third-order valence-corrected chi connectivity index (χ3v) is 3.84. The summed E-state index contributed by atoms with van der Waals surface area (Å²) in [6, 6.07) is 11.2. The van der Waals surface area contributed by atoms with Crippen molar-refractivity contribution in [2.24, 2.45) is 0 Å². The summed E-state index contributed by atoms with van der Waals surface area (Å²) in [6.45, 7) is 0. The fraction of sp³-hybridized carbons (Fsp3) is 0. The maximum absolute atomic E-state index is 10.3. The van der Waals surface area contributed by atoms with Crippen molar-refractivity contribution >= 4 is 5.78 Å². The fourth-order valence-corrected chi connectivity index (χ4v) is 2.73. The molecule has 24 heavy (non-hydrogen) atoms. The van der Waals surface area contributed by atoms with Gasteiger partial charge in [-0.2, -0.15) is 0 Å². The molecule has 0 aliphatic rings. The maximum atomic E-state index is 10.3. The maximum Gasteiger partial charge on any atom is 0.234 e. The monoisotopic (exact) mass is 319 g/mol. The Morgan fingerprint density at radius 3 is 2.29 bits per heavy atom. The van der Waals surface area contributed by atoms with Gasteiger partial charge in [0.1, 0.15) is 17.2 Å². The summed E-state index contributed by atoms with van der Waals surface area (Å²) >= 11 is 0. The van der Waals surface area contributed by atoms with E-state index < -0.39 is 0 Å². The van der Waals surface area contributed by atoms with Crippen molar-refractivity contribution in [3.63, 3.8) is 0 Å². The van der Waals surface area contributed by atoms with Crippen molar-refractivity contribution < 1.29 is 15.3 Å². The molecular weight excluding hydrogens is 306 g/mol. The quantitative estimate of drug-likeness (QED) is 0.528. The molecule has 0 aliphatic carbocycles. The van der Waals surface area contributed by atoms with Gasteiger partial charge in [-0.05, 0) is 29.8 Å². The Morgan fingerprint density at radius 1 is 0.792 bits per heavy atom. The lowest BCUT2D eigenvalue weighted by Crippen LogP contribution is -1.98. The van der Waals surface area contributed by atoms with Gasteiger partial charge in [0.05, 0.1) is 5.69 Å². The van der Waals surface area contributed by atoms with Crippen molar-refractivity contribution in [3.8, 4) is 39.6 Å². The average molecular weight is 319 g/mol. The van der Waals surface area contributed by atoms with Crippen LogP contribution in [0.15, 0.2) is 61.1 Å². The third-order valence-electron chi connectivity index (χ3n) is 3.84. The SMILES string of the molecule is Oc1ccc(-c2cnc3nccn3c2-c2ccc(O)cc2O)cc1. The van der Waals surface area contributed by atoms with E-state index >= 15 is 0 Å². The molecule has 6 heteroatoms. The normalized spacial score (nSPS) is 11.0. The lowest BCUT2D eigenvalue weighted by Gasteiger charge is -2.14. The van der Waals surface area contributed by atoms with Gasteiger partial charge in [-0.25, -0.2) is 9.97 Å². The molecule has 118 valence electrons. The van der Waals surface area contributed by atoms with E-state index in [1.165, 1.54) is 12.1 Å². The van der Waals surface area contributed by atoms with Gasteiger partial charge in [-0.1, -0.05) is 12.1 Å². The Balaban J connectivity index is 2.06. The summed E-state index contributed by atoms with van der Waals surface area (Å²) in [6.07, 6.45) is 5.06. The van der Waals surface area contributed by atoms with Crippen molar-refractivity contribution in [1.82, 2.24) is 14.4 Å². The predicted molar refractivity (Wildman–Crippen MR) is 88.9 cm³/mol. The van der Waals surface area contributed by atoms with E-state index in [1.54, 1.807) is 53.3 Å². The standard InChI is InChI=1S/C18H13N3O3/c22-12-3-1-11(2-4-12)15-10-20-18-19-7-8-21(18)17(15)14-6-5-13(23)9-16(14)24/h1-10,22-24H. The second-order valence-electron chi connectivity index (χ2n) is 5.37. The van der Waals surface area contributed by atoms with Crippen LogP contribution in [0.25, 0.3) is 28.2 Å². The molecule has 2 aromatic heterocycles. The van der Waals surface area contributed by atoms with Crippen molar-refractivity contribution in [2.75, 3.05) is 0 Å². The molecular formula is C18H13N3O3. The van der Waals surface area contributed by atoms with Gasteiger partial charge < -0.3 is 15.3 Å². The number of phenolic OH excluding ortho intramolecular Hbond substituents is 3. The summed E-state index contributed by atoms with van der Waals surface area (Å²) in [5, 5.41) is 29.4. The molecule has 3 N–H and O–H groups in total. The van der Waals surface area contributed by atoms with Crippen LogP contribution in [0, 0.1) is 0 Å². The molecule has 0 amide bonds. The zero-order chi connectivity index (χ0) is 16.7. The van der Waals surface area contributed by atoms with Gasteiger partial charge in [0, 0.05) is 35.8 Å². The fourth-order valence-electron chi connectivity index (χ4n) is 2.73. The van der Waals surface area contributed by atoms with Gasteiger partial charge in [0.15, 0.2) is 0 Å². The number of benzene rings is 2. The minimum atomic E-state index is -0.0452. The van der Waals surface area contributed by atoms with Crippen LogP contribution in [0.4, 0.5) is 0 Å². The highest BCUT2D eigenvalue weighted by Crippen LogP contribution is 2.38. The van der Waals surface area contributed by atoms with Gasteiger partial charge in [-0.3, -0.25) is 4.40 Å². The predicted octanol–water partition coefficient (Wildman–Crippen LogP) is 3.18. The first-order chi connectivity index (χ1) is 11.6. The number of hydrogen-bond donors (Lipinski definition) is 3. The molecule has 0 saturated heterocycles. The first kappa shape index (κ1) is 14.1. The number of imidazole rings is 1. The van der Waals surface area contributed by atoms with Gasteiger partial charge >= 0.3 is 0 Å². The number of nitrogens with zero attached hydrogens (tertiary/aromatic N) is 3. The largest absolute Gasteiger partial charge is 0.508 e. The zero-order valence-electron chi connectivity index (χ0n) is 12.5. The summed E-state index contributed by atoms with van der Waals surface area (Å²) in [4.78, 5) is 8.51. The molecule has 0 atom stereocenters. The Kier molecular flexibility index (Phi) is 3.09. The molecule has 0 fully saturated rings. The highest BCUT2D eigenvalue weighted by atomic mass is 16.3. The molecule has 2 heterocycles. The molecule has 6 nitrogen and oxygen atoms in total. The Hall–Kier alpha value is -3.54. The lowest BCUT2D eigenvalue weighted by atomic mass is 9.99. The molecule has 0 bridgehead atoms. The topological polar surface area (TPSA) is 90.9 Å². The summed E-state index contributed by atoms with van der Waals surface area (Å²) in [5.74, 6) is 0.610.